The van der Waals surface area contributed by atoms with E-state index in [2.05, 4.69) is 36.1 Å². The average Bonchev–Trinajstić information content (AvgIpc) is 3.26. The molecule has 0 atom stereocenters. The lowest BCUT2D eigenvalue weighted by Crippen LogP contribution is -2.06. The Kier molecular flexibility index (Phi) is 5.49. The van der Waals surface area contributed by atoms with E-state index in [9.17, 15) is 5.11 Å². The number of hydrogen-bond acceptors (Lipinski definition) is 5. The number of rotatable bonds is 6. The molecule has 0 fully saturated rings. The first-order valence-electron chi connectivity index (χ1n) is 8.21. The molecule has 9 heteroatoms. The van der Waals surface area contributed by atoms with Crippen molar-refractivity contribution in [2.24, 2.45) is 0 Å². The van der Waals surface area contributed by atoms with E-state index in [0.717, 1.165) is 26.9 Å². The summed E-state index contributed by atoms with van der Waals surface area (Å²) < 4.78 is 2.94. The zero-order valence-electron chi connectivity index (χ0n) is 14.1. The van der Waals surface area contributed by atoms with Gasteiger partial charge in [-0.25, -0.2) is 9.97 Å². The molecule has 2 aromatic heterocycles. The molecule has 138 valence electrons. The van der Waals surface area contributed by atoms with Crippen molar-refractivity contribution in [2.45, 2.75) is 17.5 Å². The Morgan fingerprint density at radius 1 is 1.19 bits per heavy atom. The topological polar surface area (TPSA) is 79.6 Å². The van der Waals surface area contributed by atoms with Gasteiger partial charge in [0, 0.05) is 21.6 Å². The van der Waals surface area contributed by atoms with Gasteiger partial charge in [0.25, 0.3) is 0 Å². The summed E-state index contributed by atoms with van der Waals surface area (Å²) in [5.74, 6) is 2.14. The zero-order chi connectivity index (χ0) is 18.8. The van der Waals surface area contributed by atoms with Crippen LogP contribution in [0.25, 0.3) is 22.4 Å². The standard InChI is InChI=1S/C18H15BrClN5OS/c19-13-4-2-1-3-12(13)17-22-18(24-23-17)27-10-16-21-14-6-5-11(20)9-15(14)25(16)7-8-26/h1-6,9,26H,7-8,10H2,(H,22,23,24). The molecule has 2 heterocycles. The number of halogens is 2. The van der Waals surface area contributed by atoms with Crippen molar-refractivity contribution >= 4 is 50.3 Å². The van der Waals surface area contributed by atoms with Crippen molar-refractivity contribution in [3.63, 3.8) is 0 Å². The first-order valence-corrected chi connectivity index (χ1v) is 10.4. The van der Waals surface area contributed by atoms with Crippen LogP contribution in [0.2, 0.25) is 5.02 Å². The van der Waals surface area contributed by atoms with Gasteiger partial charge in [0.05, 0.1) is 23.4 Å². The molecule has 0 bridgehead atoms. The van der Waals surface area contributed by atoms with Crippen LogP contribution in [-0.2, 0) is 12.3 Å². The first kappa shape index (κ1) is 18.5. The molecule has 0 saturated heterocycles. The van der Waals surface area contributed by atoms with Gasteiger partial charge in [0.1, 0.15) is 5.82 Å². The number of aromatic nitrogens is 5. The highest BCUT2D eigenvalue weighted by Gasteiger charge is 2.14. The quantitative estimate of drug-likeness (QED) is 0.410. The van der Waals surface area contributed by atoms with Gasteiger partial charge in [-0.1, -0.05) is 57.5 Å². The molecule has 27 heavy (non-hydrogen) atoms. The molecule has 2 aromatic carbocycles. The van der Waals surface area contributed by atoms with E-state index in [0.29, 0.717) is 28.3 Å². The normalized spacial score (nSPS) is 11.4. The average molecular weight is 465 g/mol. The number of nitrogens with zero attached hydrogens (tertiary/aromatic N) is 4. The van der Waals surface area contributed by atoms with Gasteiger partial charge >= 0.3 is 0 Å². The minimum atomic E-state index is 0.0302. The summed E-state index contributed by atoms with van der Waals surface area (Å²) in [6.45, 7) is 0.491. The number of nitrogens with one attached hydrogen (secondary N) is 1. The van der Waals surface area contributed by atoms with E-state index in [4.69, 9.17) is 11.6 Å². The number of aromatic amines is 1. The van der Waals surface area contributed by atoms with Crippen molar-refractivity contribution in [1.29, 1.82) is 0 Å². The van der Waals surface area contributed by atoms with Crippen LogP contribution in [0.5, 0.6) is 0 Å². The Labute approximate surface area is 173 Å². The molecule has 0 spiro atoms. The predicted molar refractivity (Wildman–Crippen MR) is 111 cm³/mol. The van der Waals surface area contributed by atoms with Crippen molar-refractivity contribution in [2.75, 3.05) is 6.61 Å². The van der Waals surface area contributed by atoms with Crippen LogP contribution >= 0.6 is 39.3 Å². The van der Waals surface area contributed by atoms with Crippen molar-refractivity contribution in [3.8, 4) is 11.4 Å². The van der Waals surface area contributed by atoms with Crippen LogP contribution in [-0.4, -0.2) is 36.4 Å². The smallest absolute Gasteiger partial charge is 0.209 e. The monoisotopic (exact) mass is 463 g/mol. The molecule has 0 aliphatic rings. The van der Waals surface area contributed by atoms with E-state index < -0.39 is 0 Å². The van der Waals surface area contributed by atoms with E-state index in [-0.39, 0.29) is 6.61 Å². The third-order valence-corrected chi connectivity index (χ3v) is 5.81. The van der Waals surface area contributed by atoms with Crippen LogP contribution < -0.4 is 0 Å². The maximum Gasteiger partial charge on any atom is 0.209 e. The molecule has 0 radical (unpaired) electrons. The number of imidazole rings is 1. The fourth-order valence-electron chi connectivity index (χ4n) is 2.82. The Balaban J connectivity index is 1.57. The second kappa shape index (κ2) is 8.02. The summed E-state index contributed by atoms with van der Waals surface area (Å²) in [6, 6.07) is 13.4. The Morgan fingerprint density at radius 3 is 2.85 bits per heavy atom. The molecule has 0 aliphatic carbocycles. The number of thioether (sulfide) groups is 1. The predicted octanol–water partition coefficient (Wildman–Crippen LogP) is 4.52. The van der Waals surface area contributed by atoms with Gasteiger partial charge < -0.3 is 9.67 Å². The molecule has 0 unspecified atom stereocenters. The van der Waals surface area contributed by atoms with Gasteiger partial charge in [-0.15, -0.1) is 5.10 Å². The lowest BCUT2D eigenvalue weighted by molar-refractivity contribution is 0.276. The van der Waals surface area contributed by atoms with E-state index >= 15 is 0 Å². The Hall–Kier alpha value is -1.87. The second-order valence-electron chi connectivity index (χ2n) is 5.77. The number of H-pyrrole nitrogens is 1. The maximum absolute atomic E-state index is 9.41. The minimum absolute atomic E-state index is 0.0302. The van der Waals surface area contributed by atoms with Crippen LogP contribution in [0.15, 0.2) is 52.1 Å². The van der Waals surface area contributed by atoms with Crippen molar-refractivity contribution in [1.82, 2.24) is 24.7 Å². The summed E-state index contributed by atoms with van der Waals surface area (Å²) in [7, 11) is 0. The van der Waals surface area contributed by atoms with Crippen LogP contribution in [0.4, 0.5) is 0 Å². The highest BCUT2D eigenvalue weighted by Crippen LogP contribution is 2.28. The third-order valence-electron chi connectivity index (χ3n) is 4.04. The molecule has 4 aromatic rings. The lowest BCUT2D eigenvalue weighted by Gasteiger charge is -2.06. The summed E-state index contributed by atoms with van der Waals surface area (Å²) >= 11 is 11.1. The van der Waals surface area contributed by atoms with Crippen molar-refractivity contribution in [3.05, 3.63) is 57.8 Å². The lowest BCUT2D eigenvalue weighted by atomic mass is 10.2. The number of hydrogen-bond donors (Lipinski definition) is 2. The molecule has 4 rings (SSSR count). The minimum Gasteiger partial charge on any atom is -0.395 e. The largest absolute Gasteiger partial charge is 0.395 e. The van der Waals surface area contributed by atoms with Gasteiger partial charge in [-0.05, 0) is 24.3 Å². The van der Waals surface area contributed by atoms with Crippen LogP contribution in [0.3, 0.4) is 0 Å². The van der Waals surface area contributed by atoms with E-state index in [1.54, 1.807) is 0 Å². The van der Waals surface area contributed by atoms with Gasteiger partial charge in [-0.3, -0.25) is 5.10 Å². The fourth-order valence-corrected chi connectivity index (χ4v) is 4.20. The molecular formula is C18H15BrClN5OS. The molecular weight excluding hydrogens is 450 g/mol. The molecule has 0 amide bonds. The van der Waals surface area contributed by atoms with Gasteiger partial charge in [0.15, 0.2) is 5.82 Å². The van der Waals surface area contributed by atoms with Gasteiger partial charge in [0.2, 0.25) is 5.16 Å². The van der Waals surface area contributed by atoms with E-state index in [1.807, 2.05) is 47.0 Å². The summed E-state index contributed by atoms with van der Waals surface area (Å²) in [6.07, 6.45) is 0. The number of aliphatic hydroxyl groups is 1. The number of benzene rings is 2. The summed E-state index contributed by atoms with van der Waals surface area (Å²) in [5, 5.41) is 18.0. The zero-order valence-corrected chi connectivity index (χ0v) is 17.2. The molecule has 0 aliphatic heterocycles. The van der Waals surface area contributed by atoms with Crippen LogP contribution in [0.1, 0.15) is 5.82 Å². The third kappa shape index (κ3) is 3.89. The molecule has 0 saturated carbocycles. The number of aliphatic hydroxyl groups excluding tert-OH is 1. The van der Waals surface area contributed by atoms with Crippen LogP contribution in [0, 0.1) is 0 Å². The second-order valence-corrected chi connectivity index (χ2v) is 8.00. The number of fused-ring (bicyclic) bond motifs is 1. The molecule has 2 N–H and O–H groups in total. The van der Waals surface area contributed by atoms with Gasteiger partial charge in [-0.2, -0.15) is 0 Å². The Bertz CT molecular complexity index is 1100. The highest BCUT2D eigenvalue weighted by atomic mass is 79.9. The molecule has 6 nitrogen and oxygen atoms in total. The highest BCUT2D eigenvalue weighted by molar-refractivity contribution is 9.10. The SMILES string of the molecule is OCCn1c(CSc2n[nH]c(-c3ccccc3Br)n2)nc2ccc(Cl)cc21. The van der Waals surface area contributed by atoms with E-state index in [1.165, 1.54) is 11.8 Å². The fraction of sp³-hybridized carbons (Fsp3) is 0.167. The maximum atomic E-state index is 9.41. The summed E-state index contributed by atoms with van der Waals surface area (Å²) in [4.78, 5) is 9.22. The Morgan fingerprint density at radius 2 is 2.04 bits per heavy atom. The summed E-state index contributed by atoms with van der Waals surface area (Å²) in [5.41, 5.74) is 2.72. The van der Waals surface area contributed by atoms with Crippen molar-refractivity contribution < 1.29 is 5.11 Å². The first-order chi connectivity index (χ1) is 13.2.